The van der Waals surface area contributed by atoms with Crippen LogP contribution in [0.5, 0.6) is 5.75 Å². The lowest BCUT2D eigenvalue weighted by Crippen LogP contribution is -2.25. The van der Waals surface area contributed by atoms with Crippen LogP contribution in [0.4, 0.5) is 0 Å². The molecular formula is C16H14N2O2. The predicted molar refractivity (Wildman–Crippen MR) is 75.3 cm³/mol. The third-order valence-corrected chi connectivity index (χ3v) is 2.86. The summed E-state index contributed by atoms with van der Waals surface area (Å²) in [5.41, 5.74) is 1.89. The Morgan fingerprint density at radius 3 is 2.75 bits per heavy atom. The number of nitrogens with zero attached hydrogens (tertiary/aromatic N) is 1. The van der Waals surface area contributed by atoms with Crippen LogP contribution in [-0.4, -0.2) is 17.6 Å². The van der Waals surface area contributed by atoms with Gasteiger partial charge in [-0.25, -0.2) is 0 Å². The van der Waals surface area contributed by atoms with Crippen molar-refractivity contribution >= 4 is 5.91 Å². The van der Waals surface area contributed by atoms with Gasteiger partial charge in [-0.2, -0.15) is 5.26 Å². The van der Waals surface area contributed by atoms with Gasteiger partial charge in [-0.1, -0.05) is 18.2 Å². The molecule has 20 heavy (non-hydrogen) atoms. The maximum absolute atomic E-state index is 11.9. The number of hydrogen-bond donors (Lipinski definition) is 2. The van der Waals surface area contributed by atoms with E-state index in [4.69, 9.17) is 5.26 Å². The van der Waals surface area contributed by atoms with Crippen molar-refractivity contribution in [1.29, 1.82) is 5.26 Å². The van der Waals surface area contributed by atoms with Crippen molar-refractivity contribution in [2.75, 3.05) is 6.54 Å². The highest BCUT2D eigenvalue weighted by molar-refractivity contribution is 5.94. The van der Waals surface area contributed by atoms with Crippen LogP contribution in [0.15, 0.2) is 48.5 Å². The van der Waals surface area contributed by atoms with E-state index in [0.717, 1.165) is 5.56 Å². The van der Waals surface area contributed by atoms with Gasteiger partial charge in [0.25, 0.3) is 5.91 Å². The molecule has 0 saturated carbocycles. The Balaban J connectivity index is 1.91. The number of rotatable bonds is 4. The summed E-state index contributed by atoms with van der Waals surface area (Å²) in [5.74, 6) is 0.0119. The first kappa shape index (κ1) is 13.6. The van der Waals surface area contributed by atoms with Crippen molar-refractivity contribution in [3.05, 3.63) is 65.2 Å². The minimum absolute atomic E-state index is 0.206. The first-order valence-electron chi connectivity index (χ1n) is 6.25. The number of carbonyl (C=O) groups excluding carboxylic acids is 1. The van der Waals surface area contributed by atoms with Crippen LogP contribution in [-0.2, 0) is 6.42 Å². The summed E-state index contributed by atoms with van der Waals surface area (Å²) < 4.78 is 0. The average molecular weight is 266 g/mol. The van der Waals surface area contributed by atoms with Crippen LogP contribution in [0.2, 0.25) is 0 Å². The van der Waals surface area contributed by atoms with Crippen LogP contribution in [0.1, 0.15) is 21.5 Å². The van der Waals surface area contributed by atoms with Crippen LogP contribution in [0.25, 0.3) is 0 Å². The summed E-state index contributed by atoms with van der Waals surface area (Å²) in [6.07, 6.45) is 0.637. The van der Waals surface area contributed by atoms with Gasteiger partial charge < -0.3 is 10.4 Å². The zero-order valence-electron chi connectivity index (χ0n) is 10.8. The number of phenols is 1. The van der Waals surface area contributed by atoms with Crippen LogP contribution in [0.3, 0.4) is 0 Å². The zero-order chi connectivity index (χ0) is 14.4. The summed E-state index contributed by atoms with van der Waals surface area (Å²) >= 11 is 0. The lowest BCUT2D eigenvalue weighted by molar-refractivity contribution is 0.0954. The number of nitrogens with one attached hydrogen (secondary N) is 1. The summed E-state index contributed by atoms with van der Waals surface area (Å²) in [7, 11) is 0. The van der Waals surface area contributed by atoms with Gasteiger partial charge in [-0.3, -0.25) is 4.79 Å². The van der Waals surface area contributed by atoms with Crippen molar-refractivity contribution < 1.29 is 9.90 Å². The number of benzene rings is 2. The van der Waals surface area contributed by atoms with Gasteiger partial charge in [0, 0.05) is 12.1 Å². The molecule has 0 heterocycles. The van der Waals surface area contributed by atoms with E-state index in [1.165, 1.54) is 0 Å². The number of amides is 1. The number of nitriles is 1. The van der Waals surface area contributed by atoms with Gasteiger partial charge in [0.2, 0.25) is 0 Å². The van der Waals surface area contributed by atoms with E-state index < -0.39 is 0 Å². The molecule has 2 aromatic rings. The van der Waals surface area contributed by atoms with Gasteiger partial charge >= 0.3 is 0 Å². The topological polar surface area (TPSA) is 73.1 Å². The lowest BCUT2D eigenvalue weighted by atomic mass is 10.1. The van der Waals surface area contributed by atoms with Gasteiger partial charge in [0.15, 0.2) is 0 Å². The smallest absolute Gasteiger partial charge is 0.251 e. The summed E-state index contributed by atoms with van der Waals surface area (Å²) in [5, 5.41) is 20.9. The van der Waals surface area contributed by atoms with E-state index in [1.807, 2.05) is 12.1 Å². The van der Waals surface area contributed by atoms with E-state index in [1.54, 1.807) is 42.5 Å². The Labute approximate surface area is 117 Å². The number of hydrogen-bond acceptors (Lipinski definition) is 3. The fourth-order valence-electron chi connectivity index (χ4n) is 1.86. The second-order valence-electron chi connectivity index (χ2n) is 4.37. The largest absolute Gasteiger partial charge is 0.508 e. The van der Waals surface area contributed by atoms with Crippen molar-refractivity contribution in [3.8, 4) is 11.8 Å². The van der Waals surface area contributed by atoms with Gasteiger partial charge in [-0.15, -0.1) is 0 Å². The minimum Gasteiger partial charge on any atom is -0.508 e. The van der Waals surface area contributed by atoms with E-state index in [0.29, 0.717) is 24.1 Å². The Bertz CT molecular complexity index is 660. The van der Waals surface area contributed by atoms with Crippen molar-refractivity contribution in [2.24, 2.45) is 0 Å². The van der Waals surface area contributed by atoms with Crippen molar-refractivity contribution in [1.82, 2.24) is 5.32 Å². The molecule has 0 aliphatic heterocycles. The van der Waals surface area contributed by atoms with Crippen LogP contribution < -0.4 is 5.32 Å². The molecule has 0 bridgehead atoms. The van der Waals surface area contributed by atoms with Crippen molar-refractivity contribution in [2.45, 2.75) is 6.42 Å². The Hall–Kier alpha value is -2.80. The molecule has 2 N–H and O–H groups in total. The molecule has 0 spiro atoms. The third-order valence-electron chi connectivity index (χ3n) is 2.86. The Morgan fingerprint density at radius 1 is 1.20 bits per heavy atom. The molecular weight excluding hydrogens is 252 g/mol. The molecule has 4 heteroatoms. The van der Waals surface area contributed by atoms with Crippen molar-refractivity contribution in [3.63, 3.8) is 0 Å². The Morgan fingerprint density at radius 2 is 2.00 bits per heavy atom. The summed E-state index contributed by atoms with van der Waals surface area (Å²) in [6.45, 7) is 0.471. The second kappa shape index (κ2) is 6.39. The summed E-state index contributed by atoms with van der Waals surface area (Å²) in [6, 6.07) is 15.5. The molecule has 100 valence electrons. The standard InChI is InChI=1S/C16H14N2O2/c17-11-13-4-1-5-14(9-13)16(20)18-8-7-12-3-2-6-15(19)10-12/h1-6,9-10,19H,7-8H2,(H,18,20). The summed E-state index contributed by atoms with van der Waals surface area (Å²) in [4.78, 5) is 11.9. The monoisotopic (exact) mass is 266 g/mol. The fraction of sp³-hybridized carbons (Fsp3) is 0.125. The predicted octanol–water partition coefficient (Wildman–Crippen LogP) is 2.24. The maximum Gasteiger partial charge on any atom is 0.251 e. The molecule has 1 amide bonds. The molecule has 0 radical (unpaired) electrons. The number of phenolic OH excluding ortho intramolecular Hbond substituents is 1. The zero-order valence-corrected chi connectivity index (χ0v) is 10.8. The lowest BCUT2D eigenvalue weighted by Gasteiger charge is -2.06. The molecule has 4 nitrogen and oxygen atoms in total. The average Bonchev–Trinajstić information content (AvgIpc) is 2.47. The van der Waals surface area contributed by atoms with E-state index in [9.17, 15) is 9.90 Å². The van der Waals surface area contributed by atoms with Gasteiger partial charge in [0.05, 0.1) is 11.6 Å². The molecule has 0 atom stereocenters. The highest BCUT2D eigenvalue weighted by atomic mass is 16.3. The normalized spacial score (nSPS) is 9.75. The molecule has 0 fully saturated rings. The van der Waals surface area contributed by atoms with E-state index >= 15 is 0 Å². The molecule has 0 aliphatic rings. The van der Waals surface area contributed by atoms with E-state index in [2.05, 4.69) is 5.32 Å². The van der Waals surface area contributed by atoms with E-state index in [-0.39, 0.29) is 11.7 Å². The third kappa shape index (κ3) is 3.59. The molecule has 0 saturated heterocycles. The molecule has 0 unspecified atom stereocenters. The van der Waals surface area contributed by atoms with Crippen LogP contribution in [0, 0.1) is 11.3 Å². The first-order chi connectivity index (χ1) is 9.69. The second-order valence-corrected chi connectivity index (χ2v) is 4.37. The molecule has 0 aliphatic carbocycles. The van der Waals surface area contributed by atoms with Gasteiger partial charge in [0.1, 0.15) is 5.75 Å². The van der Waals surface area contributed by atoms with Crippen LogP contribution >= 0.6 is 0 Å². The SMILES string of the molecule is N#Cc1cccc(C(=O)NCCc2cccc(O)c2)c1. The molecule has 0 aromatic heterocycles. The quantitative estimate of drug-likeness (QED) is 0.891. The molecule has 2 aromatic carbocycles. The maximum atomic E-state index is 11.9. The first-order valence-corrected chi connectivity index (χ1v) is 6.25. The number of carbonyl (C=O) groups is 1. The highest BCUT2D eigenvalue weighted by Gasteiger charge is 2.05. The number of aromatic hydroxyl groups is 1. The molecule has 2 rings (SSSR count). The highest BCUT2D eigenvalue weighted by Crippen LogP contribution is 2.11. The fourth-order valence-corrected chi connectivity index (χ4v) is 1.86. The van der Waals surface area contributed by atoms with Gasteiger partial charge in [-0.05, 0) is 42.3 Å². The minimum atomic E-state index is -0.206. The Kier molecular flexibility index (Phi) is 4.35.